The summed E-state index contributed by atoms with van der Waals surface area (Å²) in [7, 11) is 0. The highest BCUT2D eigenvalue weighted by Crippen LogP contribution is 2.04. The van der Waals surface area contributed by atoms with Gasteiger partial charge in [0, 0.05) is 6.54 Å². The maximum Gasteiger partial charge on any atom is 0.326 e. The molecule has 188 valence electrons. The van der Waals surface area contributed by atoms with Crippen LogP contribution in [0.2, 0.25) is 0 Å². The number of unbranched alkanes of at least 4 members (excludes halogenated alkanes) is 1. The summed E-state index contributed by atoms with van der Waals surface area (Å²) in [4.78, 5) is 62.4. The van der Waals surface area contributed by atoms with Crippen molar-refractivity contribution < 1.29 is 34.2 Å². The number of aliphatic imine (C=N–C) groups is 1. The molecule has 0 aliphatic heterocycles. The van der Waals surface area contributed by atoms with Crippen LogP contribution in [-0.4, -0.2) is 83.6 Å². The average Bonchev–Trinajstić information content (AvgIpc) is 2.72. The molecule has 13 N–H and O–H groups in total. The van der Waals surface area contributed by atoms with Crippen molar-refractivity contribution in [3.63, 3.8) is 0 Å². The first-order chi connectivity index (χ1) is 15.5. The summed E-state index contributed by atoms with van der Waals surface area (Å²) in [5.74, 6) is -4.97. The van der Waals surface area contributed by atoms with Crippen molar-refractivity contribution in [2.75, 3.05) is 19.6 Å². The van der Waals surface area contributed by atoms with Crippen molar-refractivity contribution >= 4 is 35.6 Å². The second kappa shape index (κ2) is 16.2. The standard InChI is InChI=1S/C18H34N8O7/c19-6-2-1-4-11(25-13(27)9-24-15(30)10(20)8-14(28)29)16(31)26-12(17(32)33)5-3-7-23-18(21)22/h10-12H,1-9,19-20H2,(H,24,30)(H,25,27)(H,26,31)(H,28,29)(H,32,33)(H4,21,22,23). The summed E-state index contributed by atoms with van der Waals surface area (Å²) in [5.41, 5.74) is 21.3. The van der Waals surface area contributed by atoms with E-state index in [4.69, 9.17) is 28.0 Å². The molecule has 33 heavy (non-hydrogen) atoms. The molecule has 0 aromatic carbocycles. The van der Waals surface area contributed by atoms with Crippen molar-refractivity contribution in [3.05, 3.63) is 0 Å². The topological polar surface area (TPSA) is 278 Å². The average molecular weight is 475 g/mol. The van der Waals surface area contributed by atoms with Gasteiger partial charge in [-0.1, -0.05) is 0 Å². The number of hydrogen-bond donors (Lipinski definition) is 9. The van der Waals surface area contributed by atoms with Crippen LogP contribution in [0.1, 0.15) is 38.5 Å². The first-order valence-electron chi connectivity index (χ1n) is 10.3. The van der Waals surface area contributed by atoms with E-state index in [-0.39, 0.29) is 25.3 Å². The minimum atomic E-state index is -1.34. The van der Waals surface area contributed by atoms with E-state index in [1.165, 1.54) is 0 Å². The second-order valence-electron chi connectivity index (χ2n) is 7.17. The maximum absolute atomic E-state index is 12.6. The van der Waals surface area contributed by atoms with Crippen molar-refractivity contribution in [2.24, 2.45) is 27.9 Å². The molecule has 0 rings (SSSR count). The van der Waals surface area contributed by atoms with Gasteiger partial charge in [-0.3, -0.25) is 24.2 Å². The van der Waals surface area contributed by atoms with Crippen LogP contribution in [0.4, 0.5) is 0 Å². The highest BCUT2D eigenvalue weighted by molar-refractivity contribution is 5.93. The monoisotopic (exact) mass is 474 g/mol. The third-order valence-corrected chi connectivity index (χ3v) is 4.31. The molecule has 3 amide bonds. The Balaban J connectivity index is 4.95. The number of rotatable bonds is 17. The fraction of sp³-hybridized carbons (Fsp3) is 0.667. The fourth-order valence-electron chi connectivity index (χ4n) is 2.62. The minimum Gasteiger partial charge on any atom is -0.481 e. The molecule has 15 nitrogen and oxygen atoms in total. The molecule has 0 saturated heterocycles. The Morgan fingerprint density at radius 2 is 1.52 bits per heavy atom. The van der Waals surface area contributed by atoms with Gasteiger partial charge < -0.3 is 49.1 Å². The summed E-state index contributed by atoms with van der Waals surface area (Å²) in [6.45, 7) is -0.00158. The lowest BCUT2D eigenvalue weighted by Crippen LogP contribution is -2.53. The van der Waals surface area contributed by atoms with Crippen LogP contribution < -0.4 is 38.9 Å². The van der Waals surface area contributed by atoms with E-state index in [2.05, 4.69) is 20.9 Å². The van der Waals surface area contributed by atoms with Crippen molar-refractivity contribution in [1.29, 1.82) is 0 Å². The van der Waals surface area contributed by atoms with Crippen molar-refractivity contribution in [3.8, 4) is 0 Å². The van der Waals surface area contributed by atoms with Gasteiger partial charge in [0.2, 0.25) is 17.7 Å². The van der Waals surface area contributed by atoms with E-state index in [1.807, 2.05) is 0 Å². The van der Waals surface area contributed by atoms with Crippen molar-refractivity contribution in [2.45, 2.75) is 56.7 Å². The molecule has 0 radical (unpaired) electrons. The lowest BCUT2D eigenvalue weighted by molar-refractivity contribution is -0.142. The fourth-order valence-corrected chi connectivity index (χ4v) is 2.62. The zero-order chi connectivity index (χ0) is 25.4. The molecular weight excluding hydrogens is 440 g/mol. The Morgan fingerprint density at radius 1 is 0.879 bits per heavy atom. The Kier molecular flexibility index (Phi) is 14.5. The van der Waals surface area contributed by atoms with E-state index < -0.39 is 60.8 Å². The first kappa shape index (κ1) is 29.5. The molecule has 0 fully saturated rings. The van der Waals surface area contributed by atoms with Crippen LogP contribution in [0.3, 0.4) is 0 Å². The molecule has 0 aliphatic rings. The predicted octanol–water partition coefficient (Wildman–Crippen LogP) is -3.86. The largest absolute Gasteiger partial charge is 0.481 e. The van der Waals surface area contributed by atoms with Gasteiger partial charge in [0.05, 0.1) is 19.0 Å². The molecular formula is C18H34N8O7. The van der Waals surface area contributed by atoms with Gasteiger partial charge in [-0.2, -0.15) is 0 Å². The van der Waals surface area contributed by atoms with E-state index >= 15 is 0 Å². The van der Waals surface area contributed by atoms with Crippen molar-refractivity contribution in [1.82, 2.24) is 16.0 Å². The predicted molar refractivity (Wildman–Crippen MR) is 118 cm³/mol. The number of carbonyl (C=O) groups excluding carboxylic acids is 3. The normalized spacial score (nSPS) is 13.2. The molecule has 0 aromatic heterocycles. The Hall–Kier alpha value is -3.46. The van der Waals surface area contributed by atoms with Gasteiger partial charge in [-0.25, -0.2) is 4.79 Å². The number of nitrogens with two attached hydrogens (primary N) is 4. The lowest BCUT2D eigenvalue weighted by Gasteiger charge is -2.21. The molecule has 3 atom stereocenters. The second-order valence-corrected chi connectivity index (χ2v) is 7.17. The van der Waals surface area contributed by atoms with E-state index in [1.54, 1.807) is 0 Å². The number of carboxylic acid groups (broad SMARTS) is 2. The molecule has 0 aromatic rings. The van der Waals surface area contributed by atoms with Gasteiger partial charge in [-0.05, 0) is 38.6 Å². The number of amides is 3. The van der Waals surface area contributed by atoms with Gasteiger partial charge in [0.15, 0.2) is 5.96 Å². The first-order valence-corrected chi connectivity index (χ1v) is 10.3. The van der Waals surface area contributed by atoms with Crippen LogP contribution in [-0.2, 0) is 24.0 Å². The molecule has 0 spiro atoms. The number of nitrogens with zero attached hydrogens (tertiary/aromatic N) is 1. The SMILES string of the molecule is NCCCCC(NC(=O)CNC(=O)C(N)CC(=O)O)C(=O)NC(CCCN=C(N)N)C(=O)O. The van der Waals surface area contributed by atoms with Crippen LogP contribution >= 0.6 is 0 Å². The van der Waals surface area contributed by atoms with Gasteiger partial charge in [0.1, 0.15) is 12.1 Å². The van der Waals surface area contributed by atoms with Gasteiger partial charge in [0.25, 0.3) is 0 Å². The van der Waals surface area contributed by atoms with Crippen LogP contribution in [0.15, 0.2) is 4.99 Å². The Bertz CT molecular complexity index is 712. The number of aliphatic carboxylic acids is 2. The molecule has 0 bridgehead atoms. The van der Waals surface area contributed by atoms with Crippen LogP contribution in [0.25, 0.3) is 0 Å². The summed E-state index contributed by atoms with van der Waals surface area (Å²) in [6.07, 6.45) is 0.966. The highest BCUT2D eigenvalue weighted by atomic mass is 16.4. The molecule has 0 aliphatic carbocycles. The summed E-state index contributed by atoms with van der Waals surface area (Å²) in [5, 5.41) is 25.0. The minimum absolute atomic E-state index is 0.0544. The Labute approximate surface area is 190 Å². The lowest BCUT2D eigenvalue weighted by atomic mass is 10.1. The molecule has 0 heterocycles. The van der Waals surface area contributed by atoms with Crippen LogP contribution in [0, 0.1) is 0 Å². The highest BCUT2D eigenvalue weighted by Gasteiger charge is 2.26. The van der Waals surface area contributed by atoms with Crippen LogP contribution in [0.5, 0.6) is 0 Å². The zero-order valence-corrected chi connectivity index (χ0v) is 18.3. The molecule has 15 heteroatoms. The number of carboxylic acids is 2. The summed E-state index contributed by atoms with van der Waals surface area (Å²) in [6, 6.07) is -3.64. The Morgan fingerprint density at radius 3 is 2.06 bits per heavy atom. The molecule has 0 saturated carbocycles. The van der Waals surface area contributed by atoms with E-state index in [9.17, 15) is 29.1 Å². The van der Waals surface area contributed by atoms with E-state index in [0.29, 0.717) is 25.8 Å². The number of nitrogens with one attached hydrogen (secondary N) is 3. The molecule has 3 unspecified atom stereocenters. The number of guanidine groups is 1. The number of carbonyl (C=O) groups is 5. The van der Waals surface area contributed by atoms with E-state index in [0.717, 1.165) is 0 Å². The summed E-state index contributed by atoms with van der Waals surface area (Å²) >= 11 is 0. The zero-order valence-electron chi connectivity index (χ0n) is 18.3. The quantitative estimate of drug-likeness (QED) is 0.0558. The smallest absolute Gasteiger partial charge is 0.326 e. The third kappa shape index (κ3) is 14.3. The maximum atomic E-state index is 12.6. The number of hydrogen-bond acceptors (Lipinski definition) is 8. The summed E-state index contributed by atoms with van der Waals surface area (Å²) < 4.78 is 0. The van der Waals surface area contributed by atoms with Gasteiger partial charge in [-0.15, -0.1) is 0 Å². The third-order valence-electron chi connectivity index (χ3n) is 4.31. The van der Waals surface area contributed by atoms with Gasteiger partial charge >= 0.3 is 11.9 Å².